The molecule has 0 radical (unpaired) electrons. The van der Waals surface area contributed by atoms with Crippen LogP contribution in [0.25, 0.3) is 22.2 Å². The Morgan fingerprint density at radius 2 is 1.54 bits per heavy atom. The van der Waals surface area contributed by atoms with E-state index in [4.69, 9.17) is 4.74 Å². The quantitative estimate of drug-likeness (QED) is 0.376. The van der Waals surface area contributed by atoms with Crippen LogP contribution >= 0.6 is 0 Å². The molecule has 4 rings (SSSR count). The van der Waals surface area contributed by atoms with Crippen LogP contribution in [0.5, 0.6) is 5.75 Å². The summed E-state index contributed by atoms with van der Waals surface area (Å²) >= 11 is 0. The zero-order valence-electron chi connectivity index (χ0n) is 13.7. The largest absolute Gasteiger partial charge is 0.423 e. The average molecular weight is 343 g/mol. The maximum Gasteiger partial charge on any atom is 0.344 e. The Morgan fingerprint density at radius 3 is 2.31 bits per heavy atom. The predicted molar refractivity (Wildman–Crippen MR) is 98.5 cm³/mol. The first-order valence-corrected chi connectivity index (χ1v) is 8.14. The van der Waals surface area contributed by atoms with E-state index in [-0.39, 0.29) is 5.82 Å². The lowest BCUT2D eigenvalue weighted by molar-refractivity contribution is 0.0736. The number of rotatable bonds is 3. The first-order valence-electron chi connectivity index (χ1n) is 8.14. The fourth-order valence-corrected chi connectivity index (χ4v) is 2.77. The summed E-state index contributed by atoms with van der Waals surface area (Å²) in [6.45, 7) is 0. The fourth-order valence-electron chi connectivity index (χ4n) is 2.77. The molecular weight excluding hydrogens is 329 g/mol. The molecule has 0 aliphatic rings. The summed E-state index contributed by atoms with van der Waals surface area (Å²) in [7, 11) is 0. The van der Waals surface area contributed by atoms with Crippen molar-refractivity contribution in [3.05, 3.63) is 96.3 Å². The Bertz CT molecular complexity index is 1080. The standard InChI is InChI=1S/C22H14FNO2/c23-16-10-12-17(13-11-16)26-22(25)19-14-21(15-6-2-1-3-7-15)24-20-9-5-4-8-18(19)20/h1-14H. The second-order valence-electron chi connectivity index (χ2n) is 5.78. The van der Waals surface area contributed by atoms with Crippen LogP contribution in [0.3, 0.4) is 0 Å². The zero-order chi connectivity index (χ0) is 17.9. The predicted octanol–water partition coefficient (Wildman–Crippen LogP) is 5.26. The first kappa shape index (κ1) is 16.0. The van der Waals surface area contributed by atoms with Crippen LogP contribution in [0.1, 0.15) is 10.4 Å². The number of benzene rings is 3. The Balaban J connectivity index is 1.79. The number of hydrogen-bond acceptors (Lipinski definition) is 3. The van der Waals surface area contributed by atoms with Crippen LogP contribution in [-0.4, -0.2) is 11.0 Å². The minimum absolute atomic E-state index is 0.290. The van der Waals surface area contributed by atoms with E-state index in [2.05, 4.69) is 4.98 Å². The number of nitrogens with zero attached hydrogens (tertiary/aromatic N) is 1. The van der Waals surface area contributed by atoms with Gasteiger partial charge < -0.3 is 4.74 Å². The van der Waals surface area contributed by atoms with Crippen molar-refractivity contribution >= 4 is 16.9 Å². The summed E-state index contributed by atoms with van der Waals surface area (Å²) < 4.78 is 18.5. The van der Waals surface area contributed by atoms with E-state index in [1.807, 2.05) is 54.6 Å². The number of carbonyl (C=O) groups excluding carboxylic acids is 1. The zero-order valence-corrected chi connectivity index (χ0v) is 13.7. The number of carbonyl (C=O) groups is 1. The molecule has 0 aliphatic carbocycles. The van der Waals surface area contributed by atoms with Gasteiger partial charge in [0.25, 0.3) is 0 Å². The third kappa shape index (κ3) is 3.17. The molecule has 1 heterocycles. The fraction of sp³-hybridized carbons (Fsp3) is 0. The van der Waals surface area contributed by atoms with Gasteiger partial charge in [0, 0.05) is 10.9 Å². The molecule has 0 unspecified atom stereocenters. The molecule has 0 bridgehead atoms. The maximum absolute atomic E-state index is 13.0. The summed E-state index contributed by atoms with van der Waals surface area (Å²) in [5.41, 5.74) is 2.73. The lowest BCUT2D eigenvalue weighted by Gasteiger charge is -2.10. The van der Waals surface area contributed by atoms with Crippen molar-refractivity contribution in [3.63, 3.8) is 0 Å². The van der Waals surface area contributed by atoms with Gasteiger partial charge in [-0.3, -0.25) is 0 Å². The van der Waals surface area contributed by atoms with Gasteiger partial charge in [-0.15, -0.1) is 0 Å². The third-order valence-electron chi connectivity index (χ3n) is 4.03. The van der Waals surface area contributed by atoms with Gasteiger partial charge in [-0.2, -0.15) is 0 Å². The molecule has 26 heavy (non-hydrogen) atoms. The van der Waals surface area contributed by atoms with E-state index in [0.717, 1.165) is 5.56 Å². The number of pyridine rings is 1. The topological polar surface area (TPSA) is 39.2 Å². The molecular formula is C22H14FNO2. The van der Waals surface area contributed by atoms with Crippen LogP contribution in [0.4, 0.5) is 4.39 Å². The highest BCUT2D eigenvalue weighted by molar-refractivity contribution is 6.05. The van der Waals surface area contributed by atoms with Gasteiger partial charge in [0.05, 0.1) is 16.8 Å². The molecule has 0 atom stereocenters. The summed E-state index contributed by atoms with van der Waals surface area (Å²) in [5.74, 6) is -0.600. The first-order chi connectivity index (χ1) is 12.7. The summed E-state index contributed by atoms with van der Waals surface area (Å²) in [5, 5.41) is 0.708. The summed E-state index contributed by atoms with van der Waals surface area (Å²) in [4.78, 5) is 17.4. The molecule has 0 saturated carbocycles. The number of para-hydroxylation sites is 1. The number of hydrogen-bond donors (Lipinski definition) is 0. The third-order valence-corrected chi connectivity index (χ3v) is 4.03. The van der Waals surface area contributed by atoms with Crippen molar-refractivity contribution in [1.82, 2.24) is 4.98 Å². The van der Waals surface area contributed by atoms with Crippen LogP contribution in [0.2, 0.25) is 0 Å². The van der Waals surface area contributed by atoms with E-state index in [1.165, 1.54) is 24.3 Å². The number of ether oxygens (including phenoxy) is 1. The molecule has 1 aromatic heterocycles. The van der Waals surface area contributed by atoms with Gasteiger partial charge in [0.15, 0.2) is 0 Å². The Morgan fingerprint density at radius 1 is 0.846 bits per heavy atom. The van der Waals surface area contributed by atoms with Gasteiger partial charge in [-0.05, 0) is 36.4 Å². The SMILES string of the molecule is O=C(Oc1ccc(F)cc1)c1cc(-c2ccccc2)nc2ccccc12. The Hall–Kier alpha value is -3.53. The number of halogens is 1. The highest BCUT2D eigenvalue weighted by Crippen LogP contribution is 2.26. The van der Waals surface area contributed by atoms with E-state index in [1.54, 1.807) is 6.07 Å². The molecule has 3 aromatic carbocycles. The lowest BCUT2D eigenvalue weighted by Crippen LogP contribution is -2.10. The van der Waals surface area contributed by atoms with E-state index < -0.39 is 5.97 Å². The Kier molecular flexibility index (Phi) is 4.15. The molecule has 0 fully saturated rings. The van der Waals surface area contributed by atoms with Gasteiger partial charge >= 0.3 is 5.97 Å². The van der Waals surface area contributed by atoms with Gasteiger partial charge in [-0.1, -0.05) is 48.5 Å². The molecule has 126 valence electrons. The van der Waals surface area contributed by atoms with Gasteiger partial charge in [-0.25, -0.2) is 14.2 Å². The number of esters is 1. The highest BCUT2D eigenvalue weighted by Gasteiger charge is 2.16. The van der Waals surface area contributed by atoms with Crippen molar-refractivity contribution < 1.29 is 13.9 Å². The van der Waals surface area contributed by atoms with Crippen molar-refractivity contribution in [3.8, 4) is 17.0 Å². The van der Waals surface area contributed by atoms with E-state index >= 15 is 0 Å². The summed E-state index contributed by atoms with van der Waals surface area (Å²) in [6.07, 6.45) is 0. The molecule has 0 amide bonds. The summed E-state index contributed by atoms with van der Waals surface area (Å²) in [6, 6.07) is 24.1. The van der Waals surface area contributed by atoms with Gasteiger partial charge in [0.1, 0.15) is 11.6 Å². The smallest absolute Gasteiger partial charge is 0.344 e. The lowest BCUT2D eigenvalue weighted by atomic mass is 10.0. The van der Waals surface area contributed by atoms with Crippen molar-refractivity contribution in [2.24, 2.45) is 0 Å². The maximum atomic E-state index is 13.0. The number of fused-ring (bicyclic) bond motifs is 1. The van der Waals surface area contributed by atoms with E-state index in [0.29, 0.717) is 27.9 Å². The monoisotopic (exact) mass is 343 g/mol. The molecule has 4 heteroatoms. The molecule has 0 saturated heterocycles. The Labute approximate surface area is 149 Å². The van der Waals surface area contributed by atoms with Crippen LogP contribution in [0.15, 0.2) is 84.9 Å². The molecule has 3 nitrogen and oxygen atoms in total. The second kappa shape index (κ2) is 6.76. The van der Waals surface area contributed by atoms with Crippen LogP contribution < -0.4 is 4.74 Å². The van der Waals surface area contributed by atoms with E-state index in [9.17, 15) is 9.18 Å². The molecule has 0 spiro atoms. The van der Waals surface area contributed by atoms with Crippen LogP contribution in [-0.2, 0) is 0 Å². The van der Waals surface area contributed by atoms with Crippen molar-refractivity contribution in [2.45, 2.75) is 0 Å². The second-order valence-corrected chi connectivity index (χ2v) is 5.78. The number of aromatic nitrogens is 1. The highest BCUT2D eigenvalue weighted by atomic mass is 19.1. The van der Waals surface area contributed by atoms with Crippen LogP contribution in [0, 0.1) is 5.82 Å². The average Bonchev–Trinajstić information content (AvgIpc) is 2.69. The minimum atomic E-state index is -0.507. The normalized spacial score (nSPS) is 10.7. The van der Waals surface area contributed by atoms with Crippen molar-refractivity contribution in [1.29, 1.82) is 0 Å². The molecule has 0 aliphatic heterocycles. The molecule has 0 N–H and O–H groups in total. The molecule has 4 aromatic rings. The van der Waals surface area contributed by atoms with Gasteiger partial charge in [0.2, 0.25) is 0 Å². The van der Waals surface area contributed by atoms with Crippen molar-refractivity contribution in [2.75, 3.05) is 0 Å². The minimum Gasteiger partial charge on any atom is -0.423 e.